The van der Waals surface area contributed by atoms with Crippen molar-refractivity contribution in [2.24, 2.45) is 0 Å². The fourth-order valence-corrected chi connectivity index (χ4v) is 2.15. The fraction of sp³-hybridized carbons (Fsp3) is 0.429. The highest BCUT2D eigenvalue weighted by Crippen LogP contribution is 2.21. The summed E-state index contributed by atoms with van der Waals surface area (Å²) in [6, 6.07) is 3.23. The molecule has 0 radical (unpaired) electrons. The number of morpholine rings is 1. The van der Waals surface area contributed by atoms with E-state index in [9.17, 15) is 19.1 Å². The van der Waals surface area contributed by atoms with Gasteiger partial charge in [-0.2, -0.15) is 0 Å². The second kappa shape index (κ2) is 6.53. The molecule has 0 bridgehead atoms. The molecular weight excluding hydrogens is 281 g/mol. The lowest BCUT2D eigenvalue weighted by atomic mass is 10.1. The number of phenolic OH excluding ortho intramolecular Hbond substituents is 1. The third-order valence-electron chi connectivity index (χ3n) is 3.24. The van der Waals surface area contributed by atoms with Crippen LogP contribution in [0.1, 0.15) is 16.8 Å². The topological polar surface area (TPSA) is 76.1 Å². The second-order valence-corrected chi connectivity index (χ2v) is 4.69. The summed E-state index contributed by atoms with van der Waals surface area (Å²) in [5.74, 6) is -1.87. The molecule has 1 heterocycles. The summed E-state index contributed by atoms with van der Waals surface area (Å²) in [6.45, 7) is 0.841. The lowest BCUT2D eigenvalue weighted by molar-refractivity contribution is -0.145. The third kappa shape index (κ3) is 3.69. The van der Waals surface area contributed by atoms with Crippen LogP contribution in [0.25, 0.3) is 0 Å². The van der Waals surface area contributed by atoms with Crippen LogP contribution in [0.4, 0.5) is 4.39 Å². The number of amides is 1. The van der Waals surface area contributed by atoms with E-state index < -0.39 is 29.5 Å². The summed E-state index contributed by atoms with van der Waals surface area (Å²) in [4.78, 5) is 25.0. The van der Waals surface area contributed by atoms with E-state index in [2.05, 4.69) is 4.74 Å². The van der Waals surface area contributed by atoms with Crippen LogP contribution in [0, 0.1) is 5.82 Å². The van der Waals surface area contributed by atoms with E-state index in [0.717, 1.165) is 12.1 Å². The van der Waals surface area contributed by atoms with Crippen molar-refractivity contribution >= 4 is 11.9 Å². The number of aromatic hydroxyl groups is 1. The molecule has 114 valence electrons. The van der Waals surface area contributed by atoms with E-state index in [1.807, 2.05) is 0 Å². The first-order valence-electron chi connectivity index (χ1n) is 6.47. The van der Waals surface area contributed by atoms with Crippen LogP contribution in [0.3, 0.4) is 0 Å². The molecule has 0 aromatic heterocycles. The highest BCUT2D eigenvalue weighted by molar-refractivity contribution is 5.96. The summed E-state index contributed by atoms with van der Waals surface area (Å²) in [6.07, 6.45) is -0.395. The monoisotopic (exact) mass is 297 g/mol. The zero-order valence-electron chi connectivity index (χ0n) is 11.5. The van der Waals surface area contributed by atoms with Crippen LogP contribution in [0.2, 0.25) is 0 Å². The van der Waals surface area contributed by atoms with Crippen LogP contribution >= 0.6 is 0 Å². The molecule has 1 atom stereocenters. The van der Waals surface area contributed by atoms with Gasteiger partial charge in [0.05, 0.1) is 31.8 Å². The number of benzene rings is 1. The number of methoxy groups -OCH3 is 1. The number of halogens is 1. The Kier molecular flexibility index (Phi) is 4.74. The van der Waals surface area contributed by atoms with Crippen molar-refractivity contribution in [1.82, 2.24) is 4.90 Å². The lowest BCUT2D eigenvalue weighted by Gasteiger charge is -2.32. The van der Waals surface area contributed by atoms with E-state index >= 15 is 0 Å². The standard InChI is InChI=1S/C14H16FNO5/c1-20-13(18)7-10-8-16(4-5-21-10)14(19)11-3-2-9(15)6-12(11)17/h2-3,6,10,17H,4-5,7-8H2,1H3. The summed E-state index contributed by atoms with van der Waals surface area (Å²) in [7, 11) is 1.28. The first-order chi connectivity index (χ1) is 10.0. The molecule has 0 aliphatic carbocycles. The maximum atomic E-state index is 12.9. The van der Waals surface area contributed by atoms with Crippen LogP contribution < -0.4 is 0 Å². The van der Waals surface area contributed by atoms with Gasteiger partial charge in [0.2, 0.25) is 0 Å². The minimum Gasteiger partial charge on any atom is -0.507 e. The Labute approximate surface area is 121 Å². The van der Waals surface area contributed by atoms with Crippen molar-refractivity contribution in [3.8, 4) is 5.75 Å². The van der Waals surface area contributed by atoms with Crippen molar-refractivity contribution in [2.45, 2.75) is 12.5 Å². The zero-order valence-corrected chi connectivity index (χ0v) is 11.5. The number of hydrogen-bond donors (Lipinski definition) is 1. The van der Waals surface area contributed by atoms with Gasteiger partial charge < -0.3 is 19.5 Å². The molecule has 1 aromatic carbocycles. The van der Waals surface area contributed by atoms with Crippen LogP contribution in [-0.2, 0) is 14.3 Å². The van der Waals surface area contributed by atoms with Crippen molar-refractivity contribution in [3.05, 3.63) is 29.6 Å². The average molecular weight is 297 g/mol. The van der Waals surface area contributed by atoms with Crippen molar-refractivity contribution in [3.63, 3.8) is 0 Å². The van der Waals surface area contributed by atoms with E-state index in [-0.39, 0.29) is 25.1 Å². The number of rotatable bonds is 3. The Bertz CT molecular complexity index is 548. The molecule has 1 saturated heterocycles. The van der Waals surface area contributed by atoms with Crippen LogP contribution in [-0.4, -0.2) is 54.8 Å². The molecule has 1 amide bonds. The van der Waals surface area contributed by atoms with Crippen molar-refractivity contribution in [2.75, 3.05) is 26.8 Å². The highest BCUT2D eigenvalue weighted by atomic mass is 19.1. The third-order valence-corrected chi connectivity index (χ3v) is 3.24. The molecule has 1 aliphatic heterocycles. The Balaban J connectivity index is 2.06. The molecule has 1 fully saturated rings. The number of esters is 1. The van der Waals surface area contributed by atoms with Gasteiger partial charge in [-0.05, 0) is 12.1 Å². The van der Waals surface area contributed by atoms with E-state index in [0.29, 0.717) is 6.54 Å². The molecule has 1 N–H and O–H groups in total. The number of carbonyl (C=O) groups excluding carboxylic acids is 2. The number of nitrogens with zero attached hydrogens (tertiary/aromatic N) is 1. The fourth-order valence-electron chi connectivity index (χ4n) is 2.15. The van der Waals surface area contributed by atoms with Gasteiger partial charge in [-0.3, -0.25) is 9.59 Å². The van der Waals surface area contributed by atoms with E-state index in [1.54, 1.807) is 0 Å². The summed E-state index contributed by atoms with van der Waals surface area (Å²) in [5, 5.41) is 9.65. The number of hydrogen-bond acceptors (Lipinski definition) is 5. The second-order valence-electron chi connectivity index (χ2n) is 4.69. The molecule has 7 heteroatoms. The molecule has 0 saturated carbocycles. The van der Waals surface area contributed by atoms with Crippen molar-refractivity contribution < 1.29 is 28.6 Å². The quantitative estimate of drug-likeness (QED) is 0.840. The van der Waals surface area contributed by atoms with Gasteiger partial charge >= 0.3 is 5.97 Å². The predicted octanol–water partition coefficient (Wildman–Crippen LogP) is 0.935. The summed E-state index contributed by atoms with van der Waals surface area (Å²) in [5.41, 5.74) is 0.0233. The molecule has 1 aliphatic rings. The molecule has 1 unspecified atom stereocenters. The van der Waals surface area contributed by atoms with Gasteiger partial charge in [-0.25, -0.2) is 4.39 Å². The first kappa shape index (κ1) is 15.2. The lowest BCUT2D eigenvalue weighted by Crippen LogP contribution is -2.46. The molecule has 2 rings (SSSR count). The maximum absolute atomic E-state index is 12.9. The number of phenols is 1. The summed E-state index contributed by atoms with van der Waals surface area (Å²) >= 11 is 0. The number of carbonyl (C=O) groups is 2. The number of ether oxygens (including phenoxy) is 2. The Morgan fingerprint density at radius 1 is 1.52 bits per heavy atom. The van der Waals surface area contributed by atoms with Gasteiger partial charge in [0.1, 0.15) is 11.6 Å². The van der Waals surface area contributed by atoms with Gasteiger partial charge in [-0.15, -0.1) is 0 Å². The molecule has 0 spiro atoms. The highest BCUT2D eigenvalue weighted by Gasteiger charge is 2.28. The Hall–Kier alpha value is -2.15. The normalized spacial score (nSPS) is 18.4. The summed E-state index contributed by atoms with van der Waals surface area (Å²) < 4.78 is 22.9. The van der Waals surface area contributed by atoms with Crippen LogP contribution in [0.15, 0.2) is 18.2 Å². The van der Waals surface area contributed by atoms with Crippen LogP contribution in [0.5, 0.6) is 5.75 Å². The van der Waals surface area contributed by atoms with Gasteiger partial charge in [0, 0.05) is 19.2 Å². The minimum atomic E-state index is -0.616. The average Bonchev–Trinajstić information content (AvgIpc) is 2.47. The first-order valence-corrected chi connectivity index (χ1v) is 6.47. The largest absolute Gasteiger partial charge is 0.507 e. The minimum absolute atomic E-state index is 0.0233. The Morgan fingerprint density at radius 3 is 2.95 bits per heavy atom. The zero-order chi connectivity index (χ0) is 15.4. The molecular formula is C14H16FNO5. The molecule has 1 aromatic rings. The van der Waals surface area contributed by atoms with Gasteiger partial charge in [0.25, 0.3) is 5.91 Å². The van der Waals surface area contributed by atoms with Crippen molar-refractivity contribution in [1.29, 1.82) is 0 Å². The van der Waals surface area contributed by atoms with Gasteiger partial charge in [0.15, 0.2) is 0 Å². The molecule has 21 heavy (non-hydrogen) atoms. The van der Waals surface area contributed by atoms with E-state index in [1.165, 1.54) is 18.1 Å². The SMILES string of the molecule is COC(=O)CC1CN(C(=O)c2ccc(F)cc2O)CCO1. The maximum Gasteiger partial charge on any atom is 0.308 e. The Morgan fingerprint density at radius 2 is 2.29 bits per heavy atom. The van der Waals surface area contributed by atoms with Gasteiger partial charge in [-0.1, -0.05) is 0 Å². The predicted molar refractivity (Wildman–Crippen MR) is 70.3 cm³/mol. The molecule has 6 nitrogen and oxygen atoms in total. The smallest absolute Gasteiger partial charge is 0.308 e. The van der Waals surface area contributed by atoms with E-state index in [4.69, 9.17) is 4.74 Å².